The smallest absolute Gasteiger partial charge is 0.494 e. The van der Waals surface area contributed by atoms with E-state index in [9.17, 15) is 13.2 Å². The first-order valence-corrected chi connectivity index (χ1v) is 12.5. The molecule has 0 saturated carbocycles. The third-order valence-electron chi connectivity index (χ3n) is 5.93. The fourth-order valence-electron chi connectivity index (χ4n) is 4.11. The Morgan fingerprint density at radius 1 is 0.949 bits per heavy atom. The van der Waals surface area contributed by atoms with Crippen molar-refractivity contribution in [1.82, 2.24) is 19.9 Å². The van der Waals surface area contributed by atoms with Gasteiger partial charge in [-0.3, -0.25) is 9.88 Å². The van der Waals surface area contributed by atoms with E-state index in [0.29, 0.717) is 29.4 Å². The molecule has 2 aromatic heterocycles. The summed E-state index contributed by atoms with van der Waals surface area (Å²) in [6, 6.07) is 15.2. The lowest BCUT2D eigenvalue weighted by atomic mass is 10.2. The number of halogens is 3. The van der Waals surface area contributed by atoms with Gasteiger partial charge >= 0.3 is 6.36 Å². The van der Waals surface area contributed by atoms with Crippen LogP contribution in [0.15, 0.2) is 67.0 Å². The molecule has 1 aliphatic rings. The molecule has 2 aromatic carbocycles. The lowest BCUT2D eigenvalue weighted by molar-refractivity contribution is -0.274. The molecule has 9 nitrogen and oxygen atoms in total. The van der Waals surface area contributed by atoms with Crippen LogP contribution in [-0.2, 0) is 4.74 Å². The standard InChI is InChI=1S/C27H27F3N6O3/c28-27(29,30)39-23-4-1-3-19-17-21(18-32-25(19)23)33-24-9-10-31-26(35-24)34-20-5-7-22(8-6-20)38-14-2-11-36-12-15-37-16-13-36/h1,3-10,17-18H,2,11-16H2,(H2,31,33,34,35). The third kappa shape index (κ3) is 7.68. The molecule has 0 bridgehead atoms. The number of pyridine rings is 1. The monoisotopic (exact) mass is 540 g/mol. The lowest BCUT2D eigenvalue weighted by Crippen LogP contribution is -2.37. The van der Waals surface area contributed by atoms with Crippen molar-refractivity contribution in [1.29, 1.82) is 0 Å². The van der Waals surface area contributed by atoms with Gasteiger partial charge in [-0.1, -0.05) is 12.1 Å². The van der Waals surface area contributed by atoms with Crippen molar-refractivity contribution < 1.29 is 27.4 Å². The molecular formula is C27H27F3N6O3. The molecule has 39 heavy (non-hydrogen) atoms. The molecule has 0 aliphatic carbocycles. The fourth-order valence-corrected chi connectivity index (χ4v) is 4.11. The number of fused-ring (bicyclic) bond motifs is 1. The van der Waals surface area contributed by atoms with Gasteiger partial charge in [0.2, 0.25) is 5.95 Å². The number of hydrogen-bond donors (Lipinski definition) is 2. The molecule has 4 aromatic rings. The summed E-state index contributed by atoms with van der Waals surface area (Å²) in [4.78, 5) is 15.2. The van der Waals surface area contributed by atoms with Crippen molar-refractivity contribution in [3.05, 3.63) is 67.0 Å². The largest absolute Gasteiger partial charge is 0.573 e. The Labute approximate surface area is 222 Å². The van der Waals surface area contributed by atoms with Gasteiger partial charge in [0, 0.05) is 36.9 Å². The van der Waals surface area contributed by atoms with Gasteiger partial charge in [-0.25, -0.2) is 4.98 Å². The molecule has 3 heterocycles. The van der Waals surface area contributed by atoms with Crippen LogP contribution in [0.2, 0.25) is 0 Å². The lowest BCUT2D eigenvalue weighted by Gasteiger charge is -2.26. The SMILES string of the molecule is FC(F)(F)Oc1cccc2cc(Nc3ccnc(Nc4ccc(OCCCN5CCOCC5)cc4)n3)cnc12. The summed E-state index contributed by atoms with van der Waals surface area (Å²) in [5, 5.41) is 6.74. The molecule has 0 spiro atoms. The number of nitrogens with one attached hydrogen (secondary N) is 2. The Kier molecular flexibility index (Phi) is 8.23. The Balaban J connectivity index is 1.16. The predicted octanol–water partition coefficient (Wildman–Crippen LogP) is 5.51. The van der Waals surface area contributed by atoms with E-state index < -0.39 is 6.36 Å². The van der Waals surface area contributed by atoms with Gasteiger partial charge in [-0.05, 0) is 48.9 Å². The number of para-hydroxylation sites is 1. The van der Waals surface area contributed by atoms with Crippen LogP contribution in [0.3, 0.4) is 0 Å². The summed E-state index contributed by atoms with van der Waals surface area (Å²) < 4.78 is 53.3. The van der Waals surface area contributed by atoms with Crippen LogP contribution in [0.4, 0.5) is 36.3 Å². The number of rotatable bonds is 10. The van der Waals surface area contributed by atoms with E-state index in [-0.39, 0.29) is 11.3 Å². The molecular weight excluding hydrogens is 513 g/mol. The number of aromatic nitrogens is 3. The van der Waals surface area contributed by atoms with Crippen molar-refractivity contribution in [2.45, 2.75) is 12.8 Å². The van der Waals surface area contributed by atoms with Crippen molar-refractivity contribution in [3.8, 4) is 11.5 Å². The molecule has 12 heteroatoms. The third-order valence-corrected chi connectivity index (χ3v) is 5.93. The number of anilines is 4. The summed E-state index contributed by atoms with van der Waals surface area (Å²) in [6.45, 7) is 5.17. The molecule has 2 N–H and O–H groups in total. The predicted molar refractivity (Wildman–Crippen MR) is 141 cm³/mol. The summed E-state index contributed by atoms with van der Waals surface area (Å²) >= 11 is 0. The van der Waals surface area contributed by atoms with E-state index in [1.54, 1.807) is 24.4 Å². The van der Waals surface area contributed by atoms with Crippen molar-refractivity contribution >= 4 is 34.0 Å². The molecule has 0 atom stereocenters. The summed E-state index contributed by atoms with van der Waals surface area (Å²) in [7, 11) is 0. The highest BCUT2D eigenvalue weighted by atomic mass is 19.4. The van der Waals surface area contributed by atoms with Crippen LogP contribution in [0.25, 0.3) is 10.9 Å². The molecule has 0 radical (unpaired) electrons. The zero-order chi connectivity index (χ0) is 27.1. The maximum atomic E-state index is 12.7. The molecule has 1 aliphatic heterocycles. The normalized spacial score (nSPS) is 14.2. The zero-order valence-corrected chi connectivity index (χ0v) is 20.9. The minimum atomic E-state index is -4.80. The van der Waals surface area contributed by atoms with Gasteiger partial charge < -0.3 is 24.8 Å². The van der Waals surface area contributed by atoms with E-state index in [0.717, 1.165) is 50.7 Å². The minimum Gasteiger partial charge on any atom is -0.494 e. The van der Waals surface area contributed by atoms with Gasteiger partial charge in [0.15, 0.2) is 5.75 Å². The number of morpholine rings is 1. The number of nitrogens with zero attached hydrogens (tertiary/aromatic N) is 4. The second kappa shape index (κ2) is 12.1. The maximum absolute atomic E-state index is 12.7. The molecule has 5 rings (SSSR count). The summed E-state index contributed by atoms with van der Waals surface area (Å²) in [5.74, 6) is 1.28. The van der Waals surface area contributed by atoms with E-state index in [1.807, 2.05) is 24.3 Å². The quantitative estimate of drug-likeness (QED) is 0.253. The summed E-state index contributed by atoms with van der Waals surface area (Å²) in [6.07, 6.45) is -0.843. The first-order chi connectivity index (χ1) is 18.9. The first kappa shape index (κ1) is 26.4. The topological polar surface area (TPSA) is 93.7 Å². The van der Waals surface area contributed by atoms with Crippen LogP contribution >= 0.6 is 0 Å². The van der Waals surface area contributed by atoms with Crippen LogP contribution in [0, 0.1) is 0 Å². The van der Waals surface area contributed by atoms with E-state index in [4.69, 9.17) is 9.47 Å². The van der Waals surface area contributed by atoms with Gasteiger partial charge in [-0.15, -0.1) is 13.2 Å². The van der Waals surface area contributed by atoms with Crippen LogP contribution in [0.5, 0.6) is 11.5 Å². The number of ether oxygens (including phenoxy) is 3. The van der Waals surface area contributed by atoms with Gasteiger partial charge in [0.1, 0.15) is 17.1 Å². The summed E-state index contributed by atoms with van der Waals surface area (Å²) in [5.41, 5.74) is 1.44. The molecule has 0 amide bonds. The van der Waals surface area contributed by atoms with Gasteiger partial charge in [0.25, 0.3) is 0 Å². The van der Waals surface area contributed by atoms with Crippen LogP contribution in [0.1, 0.15) is 6.42 Å². The van der Waals surface area contributed by atoms with Crippen LogP contribution in [-0.4, -0.2) is 65.7 Å². The fraction of sp³-hybridized carbons (Fsp3) is 0.296. The van der Waals surface area contributed by atoms with Crippen LogP contribution < -0.4 is 20.1 Å². The Bertz CT molecular complexity index is 1380. The minimum absolute atomic E-state index is 0.106. The highest BCUT2D eigenvalue weighted by molar-refractivity contribution is 5.87. The molecule has 1 saturated heterocycles. The first-order valence-electron chi connectivity index (χ1n) is 12.5. The highest BCUT2D eigenvalue weighted by Gasteiger charge is 2.32. The second-order valence-corrected chi connectivity index (χ2v) is 8.80. The highest BCUT2D eigenvalue weighted by Crippen LogP contribution is 2.31. The number of alkyl halides is 3. The Morgan fingerprint density at radius 3 is 2.56 bits per heavy atom. The van der Waals surface area contributed by atoms with E-state index in [1.165, 1.54) is 18.3 Å². The number of benzene rings is 2. The molecule has 204 valence electrons. The van der Waals surface area contributed by atoms with E-state index in [2.05, 4.69) is 35.2 Å². The average Bonchev–Trinajstić information content (AvgIpc) is 2.92. The Hall–Kier alpha value is -4.16. The second-order valence-electron chi connectivity index (χ2n) is 8.80. The maximum Gasteiger partial charge on any atom is 0.573 e. The van der Waals surface area contributed by atoms with Gasteiger partial charge in [0.05, 0.1) is 31.7 Å². The number of hydrogen-bond acceptors (Lipinski definition) is 9. The molecule has 0 unspecified atom stereocenters. The average molecular weight is 541 g/mol. The van der Waals surface area contributed by atoms with Crippen molar-refractivity contribution in [2.24, 2.45) is 0 Å². The van der Waals surface area contributed by atoms with Crippen molar-refractivity contribution in [3.63, 3.8) is 0 Å². The van der Waals surface area contributed by atoms with Gasteiger partial charge in [-0.2, -0.15) is 4.98 Å². The zero-order valence-electron chi connectivity index (χ0n) is 20.9. The van der Waals surface area contributed by atoms with Crippen molar-refractivity contribution in [2.75, 3.05) is 50.1 Å². The Morgan fingerprint density at radius 2 is 1.77 bits per heavy atom. The molecule has 1 fully saturated rings. The van der Waals surface area contributed by atoms with E-state index >= 15 is 0 Å².